The molecule has 1 heterocycles. The van der Waals surface area contributed by atoms with E-state index in [2.05, 4.69) is 10.3 Å². The number of hydrogen-bond acceptors (Lipinski definition) is 4. The van der Waals surface area contributed by atoms with Crippen LogP contribution >= 0.6 is 0 Å². The molecule has 2 aromatic rings. The van der Waals surface area contributed by atoms with Gasteiger partial charge in [0, 0.05) is 30.2 Å². The summed E-state index contributed by atoms with van der Waals surface area (Å²) in [6.45, 7) is 2.67. The lowest BCUT2D eigenvalue weighted by atomic mass is 10.1. The van der Waals surface area contributed by atoms with Crippen molar-refractivity contribution in [2.75, 3.05) is 19.0 Å². The summed E-state index contributed by atoms with van der Waals surface area (Å²) in [7, 11) is 1.66. The van der Waals surface area contributed by atoms with E-state index in [1.54, 1.807) is 13.3 Å². The lowest BCUT2D eigenvalue weighted by molar-refractivity contribution is 0.415. The highest BCUT2D eigenvalue weighted by Gasteiger charge is 2.05. The van der Waals surface area contributed by atoms with Gasteiger partial charge in [0.05, 0.1) is 18.3 Å². The standard InChI is InChI=1S/C13H17N3O/c1-9(14)8-16-12-7-11(17-2)6-10-4-3-5-15-13(10)12/h3-7,9,16H,8,14H2,1-2H3. The summed E-state index contributed by atoms with van der Waals surface area (Å²) in [6.07, 6.45) is 1.78. The predicted octanol–water partition coefficient (Wildman–Crippen LogP) is 2.00. The maximum absolute atomic E-state index is 5.74. The van der Waals surface area contributed by atoms with Crippen molar-refractivity contribution in [1.29, 1.82) is 0 Å². The highest BCUT2D eigenvalue weighted by Crippen LogP contribution is 2.27. The van der Waals surface area contributed by atoms with E-state index in [0.717, 1.165) is 22.3 Å². The van der Waals surface area contributed by atoms with E-state index in [0.29, 0.717) is 6.54 Å². The summed E-state index contributed by atoms with van der Waals surface area (Å²) in [5.74, 6) is 0.817. The normalized spacial score (nSPS) is 12.4. The van der Waals surface area contributed by atoms with Crippen LogP contribution in [0.2, 0.25) is 0 Å². The van der Waals surface area contributed by atoms with Gasteiger partial charge >= 0.3 is 0 Å². The van der Waals surface area contributed by atoms with E-state index in [9.17, 15) is 0 Å². The van der Waals surface area contributed by atoms with Crippen LogP contribution in [0, 0.1) is 0 Å². The van der Waals surface area contributed by atoms with Gasteiger partial charge in [-0.05, 0) is 19.1 Å². The van der Waals surface area contributed by atoms with Crippen molar-refractivity contribution >= 4 is 16.6 Å². The van der Waals surface area contributed by atoms with Crippen LogP contribution in [0.4, 0.5) is 5.69 Å². The van der Waals surface area contributed by atoms with Crippen LogP contribution < -0.4 is 15.8 Å². The molecule has 90 valence electrons. The summed E-state index contributed by atoms with van der Waals surface area (Å²) in [5, 5.41) is 4.35. The third-order valence-electron chi connectivity index (χ3n) is 2.53. The maximum Gasteiger partial charge on any atom is 0.121 e. The molecule has 0 saturated heterocycles. The van der Waals surface area contributed by atoms with Gasteiger partial charge in [-0.25, -0.2) is 0 Å². The Kier molecular flexibility index (Phi) is 3.44. The number of anilines is 1. The number of nitrogens with zero attached hydrogens (tertiary/aromatic N) is 1. The number of nitrogens with one attached hydrogen (secondary N) is 1. The minimum Gasteiger partial charge on any atom is -0.497 e. The van der Waals surface area contributed by atoms with Gasteiger partial charge in [0.25, 0.3) is 0 Å². The third kappa shape index (κ3) is 2.65. The van der Waals surface area contributed by atoms with Crippen molar-refractivity contribution in [3.8, 4) is 5.75 Å². The molecule has 17 heavy (non-hydrogen) atoms. The number of fused-ring (bicyclic) bond motifs is 1. The SMILES string of the molecule is COc1cc(NCC(C)N)c2ncccc2c1. The molecule has 3 N–H and O–H groups in total. The van der Waals surface area contributed by atoms with E-state index in [1.165, 1.54) is 0 Å². The first-order valence-electron chi connectivity index (χ1n) is 5.63. The fraction of sp³-hybridized carbons (Fsp3) is 0.308. The average Bonchev–Trinajstić information content (AvgIpc) is 2.35. The van der Waals surface area contributed by atoms with Gasteiger partial charge in [0.1, 0.15) is 5.75 Å². The van der Waals surface area contributed by atoms with E-state index in [1.807, 2.05) is 31.2 Å². The first-order valence-corrected chi connectivity index (χ1v) is 5.63. The van der Waals surface area contributed by atoms with Gasteiger partial charge in [-0.1, -0.05) is 6.07 Å². The molecule has 0 spiro atoms. The zero-order valence-electron chi connectivity index (χ0n) is 10.1. The molecular formula is C13H17N3O. The first kappa shape index (κ1) is 11.7. The van der Waals surface area contributed by atoms with Crippen molar-refractivity contribution in [3.63, 3.8) is 0 Å². The predicted molar refractivity (Wildman–Crippen MR) is 70.4 cm³/mol. The fourth-order valence-corrected chi connectivity index (χ4v) is 1.69. The second-order valence-electron chi connectivity index (χ2n) is 4.11. The third-order valence-corrected chi connectivity index (χ3v) is 2.53. The van der Waals surface area contributed by atoms with Crippen LogP contribution in [0.1, 0.15) is 6.92 Å². The highest BCUT2D eigenvalue weighted by molar-refractivity contribution is 5.91. The van der Waals surface area contributed by atoms with Gasteiger partial charge in [-0.3, -0.25) is 4.98 Å². The summed E-state index contributed by atoms with van der Waals surface area (Å²) in [4.78, 5) is 4.38. The number of pyridine rings is 1. The van der Waals surface area contributed by atoms with Crippen LogP contribution in [0.25, 0.3) is 10.9 Å². The molecule has 0 saturated carbocycles. The molecule has 0 fully saturated rings. The van der Waals surface area contributed by atoms with Crippen molar-refractivity contribution in [1.82, 2.24) is 4.98 Å². The Balaban J connectivity index is 2.43. The molecule has 0 aliphatic heterocycles. The molecule has 0 bridgehead atoms. The van der Waals surface area contributed by atoms with Gasteiger partial charge in [-0.2, -0.15) is 0 Å². The summed E-state index contributed by atoms with van der Waals surface area (Å²) in [6, 6.07) is 7.94. The monoisotopic (exact) mass is 231 g/mol. The summed E-state index contributed by atoms with van der Waals surface area (Å²) in [5.41, 5.74) is 7.64. The molecule has 1 aromatic heterocycles. The molecule has 1 unspecified atom stereocenters. The fourth-order valence-electron chi connectivity index (χ4n) is 1.69. The van der Waals surface area contributed by atoms with Crippen LogP contribution in [0.3, 0.4) is 0 Å². The Morgan fingerprint density at radius 1 is 1.47 bits per heavy atom. The van der Waals surface area contributed by atoms with Crippen molar-refractivity contribution in [3.05, 3.63) is 30.5 Å². The molecule has 0 aliphatic rings. The number of nitrogens with two attached hydrogens (primary N) is 1. The van der Waals surface area contributed by atoms with Gasteiger partial charge in [0.15, 0.2) is 0 Å². The summed E-state index contributed by atoms with van der Waals surface area (Å²) >= 11 is 0. The van der Waals surface area contributed by atoms with E-state index < -0.39 is 0 Å². The second kappa shape index (κ2) is 5.01. The molecule has 1 atom stereocenters. The van der Waals surface area contributed by atoms with Gasteiger partial charge in [0.2, 0.25) is 0 Å². The Morgan fingerprint density at radius 3 is 3.00 bits per heavy atom. The highest BCUT2D eigenvalue weighted by atomic mass is 16.5. The minimum absolute atomic E-state index is 0.0972. The molecule has 4 heteroatoms. The quantitative estimate of drug-likeness (QED) is 0.845. The largest absolute Gasteiger partial charge is 0.497 e. The minimum atomic E-state index is 0.0972. The first-order chi connectivity index (χ1) is 8.20. The van der Waals surface area contributed by atoms with Crippen molar-refractivity contribution in [2.24, 2.45) is 5.73 Å². The van der Waals surface area contributed by atoms with Crippen LogP contribution in [-0.2, 0) is 0 Å². The Labute approximate surface area is 101 Å². The number of rotatable bonds is 4. The molecule has 1 aromatic carbocycles. The Bertz CT molecular complexity index is 511. The lowest BCUT2D eigenvalue weighted by Crippen LogP contribution is -2.25. The number of methoxy groups -OCH3 is 1. The van der Waals surface area contributed by atoms with E-state index >= 15 is 0 Å². The summed E-state index contributed by atoms with van der Waals surface area (Å²) < 4.78 is 5.27. The van der Waals surface area contributed by atoms with Crippen molar-refractivity contribution < 1.29 is 4.74 Å². The number of aromatic nitrogens is 1. The maximum atomic E-state index is 5.74. The molecule has 4 nitrogen and oxygen atoms in total. The van der Waals surface area contributed by atoms with Crippen LogP contribution in [0.5, 0.6) is 5.75 Å². The zero-order valence-corrected chi connectivity index (χ0v) is 10.1. The number of benzene rings is 1. The second-order valence-corrected chi connectivity index (χ2v) is 4.11. The van der Waals surface area contributed by atoms with Gasteiger partial charge in [-0.15, -0.1) is 0 Å². The number of hydrogen-bond donors (Lipinski definition) is 2. The Morgan fingerprint density at radius 2 is 2.29 bits per heavy atom. The van der Waals surface area contributed by atoms with Crippen LogP contribution in [-0.4, -0.2) is 24.7 Å². The zero-order chi connectivity index (χ0) is 12.3. The molecule has 0 aliphatic carbocycles. The average molecular weight is 231 g/mol. The molecule has 0 radical (unpaired) electrons. The van der Waals surface area contributed by atoms with Crippen molar-refractivity contribution in [2.45, 2.75) is 13.0 Å². The van der Waals surface area contributed by atoms with E-state index in [-0.39, 0.29) is 6.04 Å². The van der Waals surface area contributed by atoms with Gasteiger partial charge < -0.3 is 15.8 Å². The molecular weight excluding hydrogens is 214 g/mol. The number of ether oxygens (including phenoxy) is 1. The topological polar surface area (TPSA) is 60.2 Å². The lowest BCUT2D eigenvalue weighted by Gasteiger charge is -2.12. The molecule has 2 rings (SSSR count). The Hall–Kier alpha value is -1.81. The van der Waals surface area contributed by atoms with E-state index in [4.69, 9.17) is 10.5 Å². The molecule has 0 amide bonds. The van der Waals surface area contributed by atoms with Crippen LogP contribution in [0.15, 0.2) is 30.5 Å². The smallest absolute Gasteiger partial charge is 0.121 e.